The van der Waals surface area contributed by atoms with Crippen molar-refractivity contribution in [3.8, 4) is 0 Å². The average molecular weight is 480 g/mol. The van der Waals surface area contributed by atoms with Crippen LogP contribution in [0.4, 0.5) is 24.5 Å². The molecule has 0 aliphatic carbocycles. The molecule has 1 fully saturated rings. The Morgan fingerprint density at radius 2 is 1.76 bits per heavy atom. The number of hydrogen-bond donors (Lipinski definition) is 4. The van der Waals surface area contributed by atoms with Gasteiger partial charge in [-0.2, -0.15) is 13.2 Å². The molecule has 0 saturated carbocycles. The summed E-state index contributed by atoms with van der Waals surface area (Å²) in [4.78, 5) is 14.2. The molecule has 10 heteroatoms. The Kier molecular flexibility index (Phi) is 10.3. The molecule has 0 bridgehead atoms. The average Bonchev–Trinajstić information content (AvgIpc) is 2.81. The molecule has 4 rings (SSSR count). The Hall–Kier alpha value is -2.98. The van der Waals surface area contributed by atoms with E-state index in [2.05, 4.69) is 15.0 Å². The van der Waals surface area contributed by atoms with Gasteiger partial charge in [0, 0.05) is 28.6 Å². The molecule has 0 spiro atoms. The van der Waals surface area contributed by atoms with Gasteiger partial charge in [-0.25, -0.2) is 4.98 Å². The lowest BCUT2D eigenvalue weighted by atomic mass is 10.1. The largest absolute Gasteiger partial charge is 0.433 e. The lowest BCUT2D eigenvalue weighted by molar-refractivity contribution is -0.140. The molecular formula is C23H28F3N5OS. The van der Waals surface area contributed by atoms with E-state index in [4.69, 9.17) is 11.5 Å². The maximum absolute atomic E-state index is 12.4. The SMILES string of the molecule is C1CCNCC1.CSNc1cccc(C(N)=O)c1.Nc1cc(C(F)(F)F)nc2ccccc12. The molecule has 1 aromatic heterocycles. The fraction of sp³-hybridized carbons (Fsp3) is 0.304. The molecule has 0 radical (unpaired) electrons. The number of hydrogen-bond acceptors (Lipinski definition) is 6. The number of nitrogens with zero attached hydrogens (tertiary/aromatic N) is 1. The highest BCUT2D eigenvalue weighted by Gasteiger charge is 2.33. The second-order valence-corrected chi connectivity index (χ2v) is 7.79. The summed E-state index contributed by atoms with van der Waals surface area (Å²) in [5.41, 5.74) is 11.4. The molecule has 33 heavy (non-hydrogen) atoms. The minimum absolute atomic E-state index is 0.0907. The predicted molar refractivity (Wildman–Crippen MR) is 130 cm³/mol. The number of aromatic nitrogens is 1. The second kappa shape index (κ2) is 12.9. The third-order valence-electron chi connectivity index (χ3n) is 4.61. The van der Waals surface area contributed by atoms with Crippen LogP contribution in [0.3, 0.4) is 0 Å². The zero-order valence-electron chi connectivity index (χ0n) is 18.3. The number of fused-ring (bicyclic) bond motifs is 1. The molecule has 1 amide bonds. The van der Waals surface area contributed by atoms with Crippen molar-refractivity contribution in [3.05, 3.63) is 65.9 Å². The summed E-state index contributed by atoms with van der Waals surface area (Å²) in [6, 6.07) is 14.4. The standard InChI is InChI=1S/C10H7F3N2.C8H10N2OS.C5H11N/c11-10(12,13)9-5-7(14)6-3-1-2-4-8(6)15-9;1-12-10-7-4-2-3-6(5-7)8(9)11;1-2-4-6-5-3-1/h1-5H,(H2,14,15);2-5,10H,1H3,(H2,9,11);6H,1-5H2. The summed E-state index contributed by atoms with van der Waals surface area (Å²) in [7, 11) is 0. The molecule has 3 aromatic rings. The number of carbonyl (C=O) groups excluding carboxylic acids is 1. The summed E-state index contributed by atoms with van der Waals surface area (Å²) >= 11 is 1.47. The first-order valence-corrected chi connectivity index (χ1v) is 11.6. The van der Waals surface area contributed by atoms with E-state index in [0.29, 0.717) is 10.9 Å². The van der Waals surface area contributed by atoms with Crippen LogP contribution in [0.1, 0.15) is 35.3 Å². The highest BCUT2D eigenvalue weighted by Crippen LogP contribution is 2.31. The highest BCUT2D eigenvalue weighted by atomic mass is 32.2. The summed E-state index contributed by atoms with van der Waals surface area (Å²) in [6.45, 7) is 2.50. The third-order valence-corrected chi connectivity index (χ3v) is 5.05. The maximum atomic E-state index is 12.4. The lowest BCUT2D eigenvalue weighted by Crippen LogP contribution is -2.21. The summed E-state index contributed by atoms with van der Waals surface area (Å²) < 4.78 is 40.1. The fourth-order valence-corrected chi connectivity index (χ4v) is 3.37. The van der Waals surface area contributed by atoms with Crippen molar-refractivity contribution in [3.63, 3.8) is 0 Å². The molecular weight excluding hydrogens is 451 g/mol. The Balaban J connectivity index is 0.000000191. The molecule has 178 valence electrons. The van der Waals surface area contributed by atoms with Gasteiger partial charge in [-0.05, 0) is 56.3 Å². The number of rotatable bonds is 3. The van der Waals surface area contributed by atoms with Gasteiger partial charge in [0.2, 0.25) is 5.91 Å². The normalized spacial score (nSPS) is 13.2. The van der Waals surface area contributed by atoms with Gasteiger partial charge in [-0.1, -0.05) is 42.6 Å². The number of alkyl halides is 3. The van der Waals surface area contributed by atoms with E-state index in [9.17, 15) is 18.0 Å². The van der Waals surface area contributed by atoms with Crippen LogP contribution in [0.15, 0.2) is 54.6 Å². The topological polar surface area (TPSA) is 106 Å². The van der Waals surface area contributed by atoms with Crippen LogP contribution in [-0.4, -0.2) is 30.2 Å². The number of carbonyl (C=O) groups is 1. The number of pyridine rings is 1. The van der Waals surface area contributed by atoms with E-state index in [1.807, 2.05) is 12.3 Å². The Morgan fingerprint density at radius 1 is 1.06 bits per heavy atom. The molecule has 2 aromatic carbocycles. The van der Waals surface area contributed by atoms with Gasteiger partial charge in [0.1, 0.15) is 5.69 Å². The molecule has 6 nitrogen and oxygen atoms in total. The van der Waals surface area contributed by atoms with Gasteiger partial charge < -0.3 is 21.5 Å². The maximum Gasteiger partial charge on any atom is 0.433 e. The molecule has 0 atom stereocenters. The van der Waals surface area contributed by atoms with Crippen molar-refractivity contribution in [1.29, 1.82) is 0 Å². The van der Waals surface area contributed by atoms with Crippen molar-refractivity contribution in [1.82, 2.24) is 10.3 Å². The molecule has 1 saturated heterocycles. The number of nitrogen functional groups attached to an aromatic ring is 1. The molecule has 0 unspecified atom stereocenters. The van der Waals surface area contributed by atoms with Gasteiger partial charge in [-0.15, -0.1) is 0 Å². The number of halogens is 3. The van der Waals surface area contributed by atoms with Gasteiger partial charge in [0.15, 0.2) is 0 Å². The monoisotopic (exact) mass is 479 g/mol. The van der Waals surface area contributed by atoms with E-state index in [1.165, 1.54) is 50.4 Å². The third kappa shape index (κ3) is 8.82. The number of nitrogens with two attached hydrogens (primary N) is 2. The van der Waals surface area contributed by atoms with Crippen LogP contribution >= 0.6 is 11.9 Å². The Labute approximate surface area is 195 Å². The number of amides is 1. The van der Waals surface area contributed by atoms with Crippen molar-refractivity contribution in [2.45, 2.75) is 25.4 Å². The summed E-state index contributed by atoms with van der Waals surface area (Å²) in [5.74, 6) is -0.403. The first-order valence-electron chi connectivity index (χ1n) is 10.3. The molecule has 1 aliphatic rings. The first-order chi connectivity index (χ1) is 15.7. The van der Waals surface area contributed by atoms with E-state index < -0.39 is 17.8 Å². The number of piperidine rings is 1. The number of para-hydroxylation sites is 1. The number of anilines is 2. The Morgan fingerprint density at radius 3 is 2.30 bits per heavy atom. The van der Waals surface area contributed by atoms with Crippen LogP contribution in [-0.2, 0) is 6.18 Å². The van der Waals surface area contributed by atoms with Crippen molar-refractivity contribution >= 4 is 40.1 Å². The smallest absolute Gasteiger partial charge is 0.398 e. The number of nitrogens with one attached hydrogen (secondary N) is 2. The van der Waals surface area contributed by atoms with Crippen LogP contribution in [0.2, 0.25) is 0 Å². The number of primary amides is 1. The van der Waals surface area contributed by atoms with E-state index in [1.54, 1.807) is 36.4 Å². The van der Waals surface area contributed by atoms with Crippen molar-refractivity contribution in [2.24, 2.45) is 5.73 Å². The van der Waals surface area contributed by atoms with E-state index >= 15 is 0 Å². The Bertz CT molecular complexity index is 1030. The van der Waals surface area contributed by atoms with Crippen LogP contribution in [0.5, 0.6) is 0 Å². The van der Waals surface area contributed by atoms with E-state index in [0.717, 1.165) is 11.8 Å². The number of benzene rings is 2. The van der Waals surface area contributed by atoms with Crippen LogP contribution in [0.25, 0.3) is 10.9 Å². The van der Waals surface area contributed by atoms with Gasteiger partial charge in [0.05, 0.1) is 5.52 Å². The summed E-state index contributed by atoms with van der Waals surface area (Å²) in [6.07, 6.45) is 1.67. The van der Waals surface area contributed by atoms with Gasteiger partial charge in [0.25, 0.3) is 0 Å². The molecule has 2 heterocycles. The zero-order chi connectivity index (χ0) is 24.3. The summed E-state index contributed by atoms with van der Waals surface area (Å²) in [5, 5.41) is 3.82. The van der Waals surface area contributed by atoms with Gasteiger partial charge in [-0.3, -0.25) is 4.79 Å². The molecule has 1 aliphatic heterocycles. The minimum atomic E-state index is -4.46. The van der Waals surface area contributed by atoms with Crippen LogP contribution < -0.4 is 21.5 Å². The predicted octanol–water partition coefficient (Wildman–Crippen LogP) is 5.07. The van der Waals surface area contributed by atoms with Crippen molar-refractivity contribution in [2.75, 3.05) is 29.8 Å². The van der Waals surface area contributed by atoms with E-state index in [-0.39, 0.29) is 11.2 Å². The lowest BCUT2D eigenvalue weighted by Gasteiger charge is -2.08. The molecule has 6 N–H and O–H groups in total. The second-order valence-electron chi connectivity index (χ2n) is 7.17. The zero-order valence-corrected chi connectivity index (χ0v) is 19.1. The minimum Gasteiger partial charge on any atom is -0.398 e. The van der Waals surface area contributed by atoms with Crippen molar-refractivity contribution < 1.29 is 18.0 Å². The highest BCUT2D eigenvalue weighted by molar-refractivity contribution is 7.99. The quantitative estimate of drug-likeness (QED) is 0.391. The van der Waals surface area contributed by atoms with Crippen LogP contribution in [0, 0.1) is 0 Å². The first kappa shape index (κ1) is 26.3. The fourth-order valence-electron chi connectivity index (χ4n) is 3.00. The van der Waals surface area contributed by atoms with Gasteiger partial charge >= 0.3 is 6.18 Å².